The third-order valence-corrected chi connectivity index (χ3v) is 3.69. The van der Waals surface area contributed by atoms with Gasteiger partial charge in [-0.1, -0.05) is 5.21 Å². The van der Waals surface area contributed by atoms with Gasteiger partial charge in [0.05, 0.1) is 27.4 Å². The van der Waals surface area contributed by atoms with Gasteiger partial charge in [0.25, 0.3) is 5.91 Å². The predicted molar refractivity (Wildman–Crippen MR) is 98.2 cm³/mol. The van der Waals surface area contributed by atoms with Crippen molar-refractivity contribution in [3.8, 4) is 11.6 Å². The van der Waals surface area contributed by atoms with Crippen LogP contribution in [0.4, 0.5) is 5.82 Å². The van der Waals surface area contributed by atoms with E-state index < -0.39 is 5.91 Å². The van der Waals surface area contributed by atoms with Gasteiger partial charge in [-0.15, -0.1) is 5.10 Å². The second-order valence-corrected chi connectivity index (χ2v) is 6.13. The minimum absolute atomic E-state index is 0.0457. The third-order valence-electron chi connectivity index (χ3n) is 3.69. The molecule has 12 nitrogen and oxygen atoms in total. The van der Waals surface area contributed by atoms with E-state index in [4.69, 9.17) is 10.5 Å². The van der Waals surface area contributed by atoms with Crippen molar-refractivity contribution in [1.29, 1.82) is 0 Å². The van der Waals surface area contributed by atoms with Crippen LogP contribution in [0.5, 0.6) is 5.75 Å². The molecular weight excluding hydrogens is 366 g/mol. The number of benzene rings is 1. The number of nitrogens with two attached hydrogens (primary N) is 1. The topological polar surface area (TPSA) is 151 Å². The zero-order valence-corrected chi connectivity index (χ0v) is 15.6. The first-order valence-electron chi connectivity index (χ1n) is 8.29. The Hall–Kier alpha value is -3.80. The van der Waals surface area contributed by atoms with Crippen molar-refractivity contribution in [1.82, 2.24) is 30.7 Å². The van der Waals surface area contributed by atoms with Gasteiger partial charge < -0.3 is 15.4 Å². The second kappa shape index (κ2) is 8.26. The zero-order chi connectivity index (χ0) is 20.1. The van der Waals surface area contributed by atoms with Gasteiger partial charge in [-0.25, -0.2) is 10.1 Å². The summed E-state index contributed by atoms with van der Waals surface area (Å²) in [5, 5.41) is 19.1. The maximum atomic E-state index is 12.5. The van der Waals surface area contributed by atoms with E-state index in [1.165, 1.54) is 10.9 Å². The smallest absolute Gasteiger partial charge is 0.294 e. The molecule has 0 atom stereocenters. The fourth-order valence-electron chi connectivity index (χ4n) is 2.39. The summed E-state index contributed by atoms with van der Waals surface area (Å²) in [4.78, 5) is 13.6. The molecule has 1 aromatic carbocycles. The molecule has 0 fully saturated rings. The van der Waals surface area contributed by atoms with Crippen molar-refractivity contribution in [2.45, 2.75) is 6.54 Å². The van der Waals surface area contributed by atoms with Gasteiger partial charge in [0.15, 0.2) is 5.69 Å². The third kappa shape index (κ3) is 4.12. The number of rotatable bonds is 7. The SMILES string of the molecule is COc1ccc(C=NNC(=O)c2nnn(-c3nonc3N)c2C[NH+](C)C)cc1. The average Bonchev–Trinajstić information content (AvgIpc) is 3.27. The summed E-state index contributed by atoms with van der Waals surface area (Å²) in [6, 6.07) is 7.21. The monoisotopic (exact) mass is 386 g/mol. The summed E-state index contributed by atoms with van der Waals surface area (Å²) in [6.07, 6.45) is 1.51. The lowest BCUT2D eigenvalue weighted by Gasteiger charge is -2.08. The van der Waals surface area contributed by atoms with Crippen LogP contribution in [0.2, 0.25) is 0 Å². The van der Waals surface area contributed by atoms with Crippen LogP contribution in [0, 0.1) is 0 Å². The zero-order valence-electron chi connectivity index (χ0n) is 15.6. The Bertz CT molecular complexity index is 976. The fourth-order valence-corrected chi connectivity index (χ4v) is 2.39. The van der Waals surface area contributed by atoms with E-state index in [2.05, 4.69) is 35.8 Å². The highest BCUT2D eigenvalue weighted by atomic mass is 16.6. The lowest BCUT2D eigenvalue weighted by atomic mass is 10.2. The number of methoxy groups -OCH3 is 1. The lowest BCUT2D eigenvalue weighted by Crippen LogP contribution is -3.04. The van der Waals surface area contributed by atoms with Crippen LogP contribution in [-0.4, -0.2) is 58.6 Å². The molecule has 3 rings (SSSR count). The number of nitrogens with one attached hydrogen (secondary N) is 2. The van der Waals surface area contributed by atoms with E-state index in [0.717, 1.165) is 16.2 Å². The number of anilines is 1. The molecule has 0 spiro atoms. The first-order chi connectivity index (χ1) is 13.5. The Kier molecular flexibility index (Phi) is 5.60. The number of hydrazone groups is 1. The first kappa shape index (κ1) is 19.0. The molecule has 0 aliphatic heterocycles. The highest BCUT2D eigenvalue weighted by Crippen LogP contribution is 2.15. The highest BCUT2D eigenvalue weighted by Gasteiger charge is 2.25. The van der Waals surface area contributed by atoms with E-state index >= 15 is 0 Å². The number of ether oxygens (including phenoxy) is 1. The van der Waals surface area contributed by atoms with Crippen LogP contribution in [0.1, 0.15) is 21.7 Å². The Morgan fingerprint density at radius 3 is 2.71 bits per heavy atom. The van der Waals surface area contributed by atoms with Crippen LogP contribution in [0.25, 0.3) is 5.82 Å². The molecule has 0 saturated heterocycles. The molecule has 0 unspecified atom stereocenters. The Balaban J connectivity index is 1.79. The standard InChI is InChI=1S/C16H19N9O3/c1-24(2)9-12-13(19-23-25(12)15-14(17)21-28-22-15)16(26)20-18-8-10-4-6-11(27-3)7-5-10/h4-8H,9H2,1-3H3,(H2,17,21)(H,20,26)/p+1. The molecule has 146 valence electrons. The number of nitrogens with zero attached hydrogens (tertiary/aromatic N) is 6. The van der Waals surface area contributed by atoms with E-state index in [1.807, 2.05) is 26.2 Å². The molecule has 0 bridgehead atoms. The van der Waals surface area contributed by atoms with Crippen LogP contribution in [0.3, 0.4) is 0 Å². The molecular formula is C16H20N9O3+. The van der Waals surface area contributed by atoms with Gasteiger partial charge in [0.1, 0.15) is 18.0 Å². The van der Waals surface area contributed by atoms with Gasteiger partial charge >= 0.3 is 0 Å². The largest absolute Gasteiger partial charge is 0.497 e. The van der Waals surface area contributed by atoms with E-state index in [-0.39, 0.29) is 17.3 Å². The summed E-state index contributed by atoms with van der Waals surface area (Å²) < 4.78 is 11.0. The highest BCUT2D eigenvalue weighted by molar-refractivity contribution is 5.94. The van der Waals surface area contributed by atoms with Crippen LogP contribution < -0.4 is 20.8 Å². The van der Waals surface area contributed by atoms with Gasteiger partial charge in [-0.05, 0) is 40.1 Å². The normalized spacial score (nSPS) is 11.3. The van der Waals surface area contributed by atoms with Crippen molar-refractivity contribution >= 4 is 17.9 Å². The van der Waals surface area contributed by atoms with Crippen molar-refractivity contribution in [2.75, 3.05) is 26.9 Å². The lowest BCUT2D eigenvalue weighted by molar-refractivity contribution is -0.873. The molecule has 2 aromatic heterocycles. The summed E-state index contributed by atoms with van der Waals surface area (Å²) >= 11 is 0. The Labute approximate surface area is 159 Å². The number of carbonyl (C=O) groups is 1. The minimum atomic E-state index is -0.512. The van der Waals surface area contributed by atoms with Gasteiger partial charge in [-0.3, -0.25) is 4.79 Å². The number of nitrogen functional groups attached to an aromatic ring is 1. The Morgan fingerprint density at radius 2 is 2.11 bits per heavy atom. The molecule has 3 aromatic rings. The number of carbonyl (C=O) groups excluding carboxylic acids is 1. The maximum absolute atomic E-state index is 12.5. The van der Waals surface area contributed by atoms with Gasteiger partial charge in [0, 0.05) is 0 Å². The summed E-state index contributed by atoms with van der Waals surface area (Å²) in [6.45, 7) is 0.435. The van der Waals surface area contributed by atoms with Gasteiger partial charge in [-0.2, -0.15) is 9.78 Å². The molecule has 12 heteroatoms. The summed E-state index contributed by atoms with van der Waals surface area (Å²) in [5.74, 6) is 0.437. The molecule has 28 heavy (non-hydrogen) atoms. The van der Waals surface area contributed by atoms with E-state index in [9.17, 15) is 4.79 Å². The summed E-state index contributed by atoms with van der Waals surface area (Å²) in [5.41, 5.74) is 9.58. The molecule has 0 aliphatic carbocycles. The van der Waals surface area contributed by atoms with Crippen molar-refractivity contribution in [2.24, 2.45) is 5.10 Å². The van der Waals surface area contributed by atoms with Crippen molar-refractivity contribution in [3.05, 3.63) is 41.2 Å². The number of amides is 1. The molecule has 2 heterocycles. The molecule has 0 radical (unpaired) electrons. The number of aromatic nitrogens is 5. The van der Waals surface area contributed by atoms with Crippen LogP contribution in [0.15, 0.2) is 34.0 Å². The molecule has 4 N–H and O–H groups in total. The maximum Gasteiger partial charge on any atom is 0.294 e. The van der Waals surface area contributed by atoms with Crippen molar-refractivity contribution in [3.63, 3.8) is 0 Å². The molecule has 0 saturated carbocycles. The van der Waals surface area contributed by atoms with E-state index in [0.29, 0.717) is 12.2 Å². The van der Waals surface area contributed by atoms with E-state index in [1.54, 1.807) is 19.2 Å². The number of hydrogen-bond donors (Lipinski definition) is 3. The number of hydrogen-bond acceptors (Lipinski definition) is 9. The predicted octanol–water partition coefficient (Wildman–Crippen LogP) is -1.35. The van der Waals surface area contributed by atoms with Gasteiger partial charge in [0.2, 0.25) is 11.6 Å². The van der Waals surface area contributed by atoms with Crippen LogP contribution in [-0.2, 0) is 6.54 Å². The fraction of sp³-hybridized carbons (Fsp3) is 0.250. The van der Waals surface area contributed by atoms with Crippen molar-refractivity contribution < 1.29 is 19.1 Å². The summed E-state index contributed by atoms with van der Waals surface area (Å²) in [7, 11) is 5.43. The quantitative estimate of drug-likeness (QED) is 0.333. The van der Waals surface area contributed by atoms with Crippen LogP contribution >= 0.6 is 0 Å². The Morgan fingerprint density at radius 1 is 1.36 bits per heavy atom. The molecule has 0 aliphatic rings. The second-order valence-electron chi connectivity index (χ2n) is 6.13. The average molecular weight is 386 g/mol. The number of quaternary nitrogens is 1. The minimum Gasteiger partial charge on any atom is -0.497 e. The molecule has 1 amide bonds. The first-order valence-corrected chi connectivity index (χ1v) is 8.29.